The summed E-state index contributed by atoms with van der Waals surface area (Å²) in [6.45, 7) is 0. The first-order valence-corrected chi connectivity index (χ1v) is 10.1. The molecular weight excluding hydrogens is 368 g/mol. The maximum absolute atomic E-state index is 12.4. The molecule has 1 heterocycles. The van der Waals surface area contributed by atoms with Gasteiger partial charge in [0.05, 0.1) is 39.3 Å². The van der Waals surface area contributed by atoms with Crippen molar-refractivity contribution in [3.8, 4) is 17.2 Å². The molecule has 0 fully saturated rings. The smallest absolute Gasteiger partial charge is 0.247 e. The standard InChI is InChI=1S/C19H22N2O5S/c1-24-15-7-5-6-13(8-15)18-12-19(21(20-18)27(4,22)23)14-9-16(25-2)11-17(10-14)26-3/h5-11,19H,12H2,1-4H3/t19-/m1/s1. The van der Waals surface area contributed by atoms with E-state index in [9.17, 15) is 8.42 Å². The summed E-state index contributed by atoms with van der Waals surface area (Å²) in [6.07, 6.45) is 1.58. The van der Waals surface area contributed by atoms with Gasteiger partial charge < -0.3 is 14.2 Å². The number of sulfonamides is 1. The number of hydrogen-bond donors (Lipinski definition) is 0. The molecule has 1 aliphatic heterocycles. The molecule has 0 aliphatic carbocycles. The molecule has 7 nitrogen and oxygen atoms in total. The van der Waals surface area contributed by atoms with Crippen LogP contribution in [-0.2, 0) is 10.0 Å². The molecule has 2 aromatic rings. The van der Waals surface area contributed by atoms with Crippen molar-refractivity contribution in [3.63, 3.8) is 0 Å². The van der Waals surface area contributed by atoms with Gasteiger partial charge in [0, 0.05) is 18.1 Å². The number of methoxy groups -OCH3 is 3. The Morgan fingerprint density at radius 3 is 2.15 bits per heavy atom. The van der Waals surface area contributed by atoms with E-state index in [1.807, 2.05) is 24.3 Å². The maximum Gasteiger partial charge on any atom is 0.247 e. The molecule has 0 saturated carbocycles. The molecule has 144 valence electrons. The van der Waals surface area contributed by atoms with Gasteiger partial charge in [-0.3, -0.25) is 0 Å². The highest BCUT2D eigenvalue weighted by atomic mass is 32.2. The molecule has 0 N–H and O–H groups in total. The fourth-order valence-electron chi connectivity index (χ4n) is 3.04. The highest BCUT2D eigenvalue weighted by Gasteiger charge is 2.35. The zero-order chi connectivity index (χ0) is 19.6. The van der Waals surface area contributed by atoms with Gasteiger partial charge in [-0.2, -0.15) is 9.52 Å². The molecule has 0 radical (unpaired) electrons. The summed E-state index contributed by atoms with van der Waals surface area (Å²) in [4.78, 5) is 0. The summed E-state index contributed by atoms with van der Waals surface area (Å²) in [5.74, 6) is 1.87. The Morgan fingerprint density at radius 2 is 1.59 bits per heavy atom. The third-order valence-corrected chi connectivity index (χ3v) is 5.39. The summed E-state index contributed by atoms with van der Waals surface area (Å²) < 4.78 is 41.8. The molecule has 27 heavy (non-hydrogen) atoms. The topological polar surface area (TPSA) is 77.4 Å². The van der Waals surface area contributed by atoms with Gasteiger partial charge in [0.25, 0.3) is 0 Å². The lowest BCUT2D eigenvalue weighted by atomic mass is 9.98. The number of hydrazone groups is 1. The fraction of sp³-hybridized carbons (Fsp3) is 0.316. The van der Waals surface area contributed by atoms with Crippen LogP contribution >= 0.6 is 0 Å². The van der Waals surface area contributed by atoms with Crippen LogP contribution in [0.4, 0.5) is 0 Å². The Kier molecular flexibility index (Phi) is 5.27. The highest BCUT2D eigenvalue weighted by Crippen LogP contribution is 2.38. The van der Waals surface area contributed by atoms with E-state index < -0.39 is 16.1 Å². The van der Waals surface area contributed by atoms with Crippen LogP contribution < -0.4 is 14.2 Å². The molecule has 0 unspecified atom stereocenters. The lowest BCUT2D eigenvalue weighted by Crippen LogP contribution is -2.26. The quantitative estimate of drug-likeness (QED) is 0.758. The lowest BCUT2D eigenvalue weighted by molar-refractivity contribution is 0.364. The summed E-state index contributed by atoms with van der Waals surface area (Å²) in [6, 6.07) is 12.3. The molecule has 1 aliphatic rings. The zero-order valence-electron chi connectivity index (χ0n) is 15.7. The van der Waals surface area contributed by atoms with Crippen molar-refractivity contribution in [2.45, 2.75) is 12.5 Å². The van der Waals surface area contributed by atoms with E-state index in [1.54, 1.807) is 39.5 Å². The minimum atomic E-state index is -3.56. The van der Waals surface area contributed by atoms with Crippen LogP contribution in [-0.4, -0.2) is 46.1 Å². The van der Waals surface area contributed by atoms with Crippen LogP contribution in [0.3, 0.4) is 0 Å². The van der Waals surface area contributed by atoms with Crippen molar-refractivity contribution in [1.29, 1.82) is 0 Å². The summed E-state index contributed by atoms with van der Waals surface area (Å²) in [5, 5.41) is 4.40. The van der Waals surface area contributed by atoms with Crippen molar-refractivity contribution in [1.82, 2.24) is 4.41 Å². The highest BCUT2D eigenvalue weighted by molar-refractivity contribution is 7.88. The van der Waals surface area contributed by atoms with E-state index in [-0.39, 0.29) is 0 Å². The van der Waals surface area contributed by atoms with Gasteiger partial charge >= 0.3 is 0 Å². The van der Waals surface area contributed by atoms with Gasteiger partial charge in [-0.15, -0.1) is 0 Å². The fourth-order valence-corrected chi connectivity index (χ4v) is 3.95. The minimum absolute atomic E-state index is 0.427. The Morgan fingerprint density at radius 1 is 0.963 bits per heavy atom. The first-order valence-electron chi connectivity index (χ1n) is 8.30. The first-order chi connectivity index (χ1) is 12.9. The van der Waals surface area contributed by atoms with Gasteiger partial charge in [-0.25, -0.2) is 8.42 Å². The Bertz CT molecular complexity index is 950. The number of ether oxygens (including phenoxy) is 3. The van der Waals surface area contributed by atoms with Crippen LogP contribution in [0.1, 0.15) is 23.6 Å². The van der Waals surface area contributed by atoms with Crippen LogP contribution in [0.2, 0.25) is 0 Å². The zero-order valence-corrected chi connectivity index (χ0v) is 16.5. The average molecular weight is 390 g/mol. The molecule has 0 aromatic heterocycles. The minimum Gasteiger partial charge on any atom is -0.497 e. The molecule has 0 amide bonds. The number of hydrogen-bond acceptors (Lipinski definition) is 6. The van der Waals surface area contributed by atoms with Crippen molar-refractivity contribution in [2.24, 2.45) is 5.10 Å². The summed E-state index contributed by atoms with van der Waals surface area (Å²) in [7, 11) is 1.13. The molecule has 0 spiro atoms. The van der Waals surface area contributed by atoms with Crippen molar-refractivity contribution in [2.75, 3.05) is 27.6 Å². The Balaban J connectivity index is 2.04. The van der Waals surface area contributed by atoms with Crippen LogP contribution in [0, 0.1) is 0 Å². The predicted molar refractivity (Wildman–Crippen MR) is 103 cm³/mol. The van der Waals surface area contributed by atoms with Crippen molar-refractivity contribution < 1.29 is 22.6 Å². The first kappa shape index (κ1) is 19.0. The third kappa shape index (κ3) is 4.00. The van der Waals surface area contributed by atoms with E-state index in [4.69, 9.17) is 14.2 Å². The van der Waals surface area contributed by atoms with E-state index in [0.29, 0.717) is 29.4 Å². The van der Waals surface area contributed by atoms with Gasteiger partial charge in [-0.1, -0.05) is 12.1 Å². The largest absolute Gasteiger partial charge is 0.497 e. The number of rotatable bonds is 6. The van der Waals surface area contributed by atoms with E-state index in [1.165, 1.54) is 0 Å². The molecule has 3 rings (SSSR count). The van der Waals surface area contributed by atoms with Crippen molar-refractivity contribution in [3.05, 3.63) is 53.6 Å². The van der Waals surface area contributed by atoms with Crippen LogP contribution in [0.5, 0.6) is 17.2 Å². The SMILES string of the molecule is COc1cccc(C2=NN(S(C)(=O)=O)[C@@H](c3cc(OC)cc(OC)c3)C2)c1. The molecule has 0 saturated heterocycles. The van der Waals surface area contributed by atoms with Crippen molar-refractivity contribution >= 4 is 15.7 Å². The van der Waals surface area contributed by atoms with Gasteiger partial charge in [0.15, 0.2) is 0 Å². The second-order valence-corrected chi connectivity index (χ2v) is 8.02. The molecular formula is C19H22N2O5S. The normalized spacial score (nSPS) is 16.8. The molecule has 8 heteroatoms. The Hall–Kier alpha value is -2.74. The van der Waals surface area contributed by atoms with E-state index in [2.05, 4.69) is 5.10 Å². The predicted octanol–water partition coefficient (Wildman–Crippen LogP) is 2.82. The number of benzene rings is 2. The lowest BCUT2D eigenvalue weighted by Gasteiger charge is -2.22. The molecule has 0 bridgehead atoms. The maximum atomic E-state index is 12.4. The van der Waals surface area contributed by atoms with Crippen LogP contribution in [0.25, 0.3) is 0 Å². The molecule has 2 aromatic carbocycles. The molecule has 1 atom stereocenters. The van der Waals surface area contributed by atoms with Crippen LogP contribution in [0.15, 0.2) is 47.6 Å². The third-order valence-electron chi connectivity index (χ3n) is 4.37. The van der Waals surface area contributed by atoms with Gasteiger partial charge in [0.1, 0.15) is 17.2 Å². The van der Waals surface area contributed by atoms with E-state index >= 15 is 0 Å². The second-order valence-electron chi connectivity index (χ2n) is 6.18. The van der Waals surface area contributed by atoms with Gasteiger partial charge in [-0.05, 0) is 29.8 Å². The summed E-state index contributed by atoms with van der Waals surface area (Å²) >= 11 is 0. The number of nitrogens with zero attached hydrogens (tertiary/aromatic N) is 2. The average Bonchev–Trinajstić information content (AvgIpc) is 3.13. The summed E-state index contributed by atoms with van der Waals surface area (Å²) in [5.41, 5.74) is 2.24. The Labute approximate surface area is 159 Å². The van der Waals surface area contributed by atoms with E-state index in [0.717, 1.165) is 21.8 Å². The monoisotopic (exact) mass is 390 g/mol. The second kappa shape index (κ2) is 7.48. The van der Waals surface area contributed by atoms with Gasteiger partial charge in [0.2, 0.25) is 10.0 Å².